The van der Waals surface area contributed by atoms with Crippen molar-refractivity contribution < 1.29 is 15.0 Å². The van der Waals surface area contributed by atoms with E-state index in [4.69, 9.17) is 5.11 Å². The van der Waals surface area contributed by atoms with E-state index in [-0.39, 0.29) is 5.56 Å². The smallest absolute Gasteiger partial charge is 0.335 e. The van der Waals surface area contributed by atoms with Gasteiger partial charge in [-0.25, -0.2) is 9.78 Å². The Morgan fingerprint density at radius 2 is 2.29 bits per heavy atom. The van der Waals surface area contributed by atoms with Gasteiger partial charge in [0.2, 0.25) is 0 Å². The number of aromatic nitrogens is 1. The molecule has 1 aliphatic carbocycles. The fourth-order valence-corrected chi connectivity index (χ4v) is 3.03. The van der Waals surface area contributed by atoms with Crippen molar-refractivity contribution in [3.05, 3.63) is 23.4 Å². The number of aliphatic hydroxyl groups is 1. The van der Waals surface area contributed by atoms with Crippen LogP contribution in [0, 0.1) is 5.92 Å². The lowest BCUT2D eigenvalue weighted by Crippen LogP contribution is -2.41. The molecule has 2 atom stereocenters. The molecule has 1 fully saturated rings. The van der Waals surface area contributed by atoms with Crippen molar-refractivity contribution in [3.63, 3.8) is 0 Å². The van der Waals surface area contributed by atoms with E-state index < -0.39 is 11.6 Å². The molecule has 0 saturated heterocycles. The van der Waals surface area contributed by atoms with Gasteiger partial charge in [-0.2, -0.15) is 0 Å². The number of carboxylic acids is 1. The standard InChI is InChI=1S/C16H24N2O3/c1-3-13-7-12(15(19)20)8-14(18-13)17-10-16(21)6-4-5-11(2)9-16/h7-8,11,21H,3-6,9-10H2,1-2H3,(H,17,18)(H,19,20). The molecule has 0 aromatic carbocycles. The Kier molecular flexibility index (Phi) is 4.83. The highest BCUT2D eigenvalue weighted by atomic mass is 16.4. The highest BCUT2D eigenvalue weighted by Crippen LogP contribution is 2.32. The summed E-state index contributed by atoms with van der Waals surface area (Å²) in [4.78, 5) is 15.5. The maximum absolute atomic E-state index is 11.1. The van der Waals surface area contributed by atoms with Crippen molar-refractivity contribution in [2.75, 3.05) is 11.9 Å². The first kappa shape index (κ1) is 15.8. The van der Waals surface area contributed by atoms with Crippen LogP contribution in [0.5, 0.6) is 0 Å². The van der Waals surface area contributed by atoms with Gasteiger partial charge in [0.1, 0.15) is 5.82 Å². The van der Waals surface area contributed by atoms with Gasteiger partial charge in [-0.05, 0) is 37.3 Å². The molecule has 1 saturated carbocycles. The number of hydrogen-bond donors (Lipinski definition) is 3. The number of nitrogens with zero attached hydrogens (tertiary/aromatic N) is 1. The van der Waals surface area contributed by atoms with Gasteiger partial charge >= 0.3 is 5.97 Å². The lowest BCUT2D eigenvalue weighted by atomic mass is 9.79. The average Bonchev–Trinajstić information content (AvgIpc) is 2.44. The van der Waals surface area contributed by atoms with Gasteiger partial charge in [-0.15, -0.1) is 0 Å². The zero-order valence-corrected chi connectivity index (χ0v) is 12.7. The van der Waals surface area contributed by atoms with E-state index in [1.807, 2.05) is 6.92 Å². The minimum absolute atomic E-state index is 0.230. The molecular formula is C16H24N2O3. The first-order valence-corrected chi connectivity index (χ1v) is 7.62. The third-order valence-corrected chi connectivity index (χ3v) is 4.15. The maximum Gasteiger partial charge on any atom is 0.335 e. The summed E-state index contributed by atoms with van der Waals surface area (Å²) < 4.78 is 0. The van der Waals surface area contributed by atoms with Crippen LogP contribution < -0.4 is 5.32 Å². The Balaban J connectivity index is 2.08. The Hall–Kier alpha value is -1.62. The molecule has 5 nitrogen and oxygen atoms in total. The molecule has 0 aliphatic heterocycles. The van der Waals surface area contributed by atoms with Gasteiger partial charge < -0.3 is 15.5 Å². The van der Waals surface area contributed by atoms with Gasteiger partial charge in [0.25, 0.3) is 0 Å². The molecular weight excluding hydrogens is 268 g/mol. The fourth-order valence-electron chi connectivity index (χ4n) is 3.03. The van der Waals surface area contributed by atoms with E-state index in [1.165, 1.54) is 6.07 Å². The Morgan fingerprint density at radius 1 is 1.52 bits per heavy atom. The summed E-state index contributed by atoms with van der Waals surface area (Å²) in [6, 6.07) is 3.11. The number of carbonyl (C=O) groups is 1. The number of nitrogens with one attached hydrogen (secondary N) is 1. The molecule has 0 bridgehead atoms. The van der Waals surface area contributed by atoms with Gasteiger partial charge in [0.05, 0.1) is 11.2 Å². The van der Waals surface area contributed by atoms with Crippen molar-refractivity contribution in [2.45, 2.75) is 51.6 Å². The van der Waals surface area contributed by atoms with E-state index in [1.54, 1.807) is 6.07 Å². The number of aromatic carboxylic acids is 1. The monoisotopic (exact) mass is 292 g/mol. The Bertz CT molecular complexity index is 518. The third-order valence-electron chi connectivity index (χ3n) is 4.15. The molecule has 3 N–H and O–H groups in total. The van der Waals surface area contributed by atoms with Gasteiger partial charge in [0, 0.05) is 12.2 Å². The summed E-state index contributed by atoms with van der Waals surface area (Å²) in [5.74, 6) is 0.0913. The second kappa shape index (κ2) is 6.43. The highest BCUT2D eigenvalue weighted by molar-refractivity contribution is 5.88. The van der Waals surface area contributed by atoms with Crippen LogP contribution in [0.4, 0.5) is 5.82 Å². The van der Waals surface area contributed by atoms with E-state index in [9.17, 15) is 9.90 Å². The molecule has 0 radical (unpaired) electrons. The molecule has 2 unspecified atom stereocenters. The summed E-state index contributed by atoms with van der Waals surface area (Å²) in [5, 5.41) is 22.8. The van der Waals surface area contributed by atoms with Crippen LogP contribution in [0.2, 0.25) is 0 Å². The number of anilines is 1. The molecule has 1 aliphatic rings. The number of rotatable bonds is 5. The minimum Gasteiger partial charge on any atom is -0.478 e. The number of carboxylic acid groups (broad SMARTS) is 1. The normalized spacial score (nSPS) is 25.6. The lowest BCUT2D eigenvalue weighted by Gasteiger charge is -2.35. The SMILES string of the molecule is CCc1cc(C(=O)O)cc(NCC2(O)CCCC(C)C2)n1. The fraction of sp³-hybridized carbons (Fsp3) is 0.625. The lowest BCUT2D eigenvalue weighted by molar-refractivity contribution is -0.000831. The molecule has 0 amide bonds. The first-order chi connectivity index (χ1) is 9.92. The maximum atomic E-state index is 11.1. The zero-order chi connectivity index (χ0) is 15.5. The average molecular weight is 292 g/mol. The van der Waals surface area contributed by atoms with Crippen LogP contribution >= 0.6 is 0 Å². The summed E-state index contributed by atoms with van der Waals surface area (Å²) in [6.07, 6.45) is 4.43. The van der Waals surface area contributed by atoms with Crippen LogP contribution in [-0.4, -0.2) is 33.3 Å². The van der Waals surface area contributed by atoms with Crippen LogP contribution in [0.3, 0.4) is 0 Å². The van der Waals surface area contributed by atoms with Crippen LogP contribution in [0.1, 0.15) is 55.6 Å². The topological polar surface area (TPSA) is 82.5 Å². The van der Waals surface area contributed by atoms with Gasteiger partial charge in [-0.1, -0.05) is 26.7 Å². The molecule has 2 rings (SSSR count). The van der Waals surface area contributed by atoms with E-state index in [2.05, 4.69) is 17.2 Å². The van der Waals surface area contributed by atoms with Crippen molar-refractivity contribution >= 4 is 11.8 Å². The highest BCUT2D eigenvalue weighted by Gasteiger charge is 2.32. The van der Waals surface area contributed by atoms with Crippen molar-refractivity contribution in [1.82, 2.24) is 4.98 Å². The zero-order valence-electron chi connectivity index (χ0n) is 12.7. The molecule has 5 heteroatoms. The molecule has 21 heavy (non-hydrogen) atoms. The second-order valence-electron chi connectivity index (χ2n) is 6.17. The van der Waals surface area contributed by atoms with Crippen LogP contribution in [0.15, 0.2) is 12.1 Å². The largest absolute Gasteiger partial charge is 0.478 e. The number of pyridine rings is 1. The van der Waals surface area contributed by atoms with Crippen LogP contribution in [-0.2, 0) is 6.42 Å². The summed E-state index contributed by atoms with van der Waals surface area (Å²) in [5.41, 5.74) is 0.250. The van der Waals surface area contributed by atoms with Crippen molar-refractivity contribution in [3.8, 4) is 0 Å². The first-order valence-electron chi connectivity index (χ1n) is 7.62. The van der Waals surface area contributed by atoms with Crippen molar-refractivity contribution in [2.24, 2.45) is 5.92 Å². The summed E-state index contributed by atoms with van der Waals surface area (Å²) >= 11 is 0. The Labute approximate surface area is 125 Å². The number of aryl methyl sites for hydroxylation is 1. The summed E-state index contributed by atoms with van der Waals surface area (Å²) in [7, 11) is 0. The van der Waals surface area contributed by atoms with Gasteiger partial charge in [0.15, 0.2) is 0 Å². The quantitative estimate of drug-likeness (QED) is 0.777. The molecule has 1 heterocycles. The van der Waals surface area contributed by atoms with Crippen LogP contribution in [0.25, 0.3) is 0 Å². The predicted octanol–water partition coefficient (Wildman–Crippen LogP) is 2.70. The predicted molar refractivity (Wildman–Crippen MR) is 81.6 cm³/mol. The van der Waals surface area contributed by atoms with E-state index in [0.29, 0.717) is 24.7 Å². The number of hydrogen-bond acceptors (Lipinski definition) is 4. The molecule has 0 spiro atoms. The van der Waals surface area contributed by atoms with Gasteiger partial charge in [-0.3, -0.25) is 0 Å². The van der Waals surface area contributed by atoms with E-state index >= 15 is 0 Å². The van der Waals surface area contributed by atoms with E-state index in [0.717, 1.165) is 31.4 Å². The minimum atomic E-state index is -0.958. The Morgan fingerprint density at radius 3 is 2.90 bits per heavy atom. The molecule has 1 aromatic rings. The molecule has 116 valence electrons. The second-order valence-corrected chi connectivity index (χ2v) is 6.17. The summed E-state index contributed by atoms with van der Waals surface area (Å²) in [6.45, 7) is 4.51. The molecule has 1 aromatic heterocycles. The van der Waals surface area contributed by atoms with Crippen molar-refractivity contribution in [1.29, 1.82) is 0 Å². The third kappa shape index (κ3) is 4.17.